The highest BCUT2D eigenvalue weighted by molar-refractivity contribution is 5.97. The zero-order chi connectivity index (χ0) is 26.2. The van der Waals surface area contributed by atoms with Gasteiger partial charge >= 0.3 is 0 Å². The number of aromatic nitrogens is 1. The molecule has 190 valence electrons. The Bertz CT molecular complexity index is 1280. The molecule has 0 saturated carbocycles. The SMILES string of the molecule is COc1ccc(CCNC(=O)CC(=O)N/N=C/c2cc(C)n(-c3ccc(C)cc3C)c2C)cc1OC. The van der Waals surface area contributed by atoms with Crippen molar-refractivity contribution in [3.05, 3.63) is 76.1 Å². The molecule has 3 rings (SSSR count). The number of hydrogen-bond donors (Lipinski definition) is 2. The van der Waals surface area contributed by atoms with E-state index in [2.05, 4.69) is 52.5 Å². The summed E-state index contributed by atoms with van der Waals surface area (Å²) in [7, 11) is 3.16. The van der Waals surface area contributed by atoms with E-state index in [1.807, 2.05) is 38.1 Å². The molecule has 2 amide bonds. The highest BCUT2D eigenvalue weighted by atomic mass is 16.5. The number of carbonyl (C=O) groups is 2. The zero-order valence-corrected chi connectivity index (χ0v) is 21.8. The number of aryl methyl sites for hydroxylation is 3. The third kappa shape index (κ3) is 6.53. The fourth-order valence-corrected chi connectivity index (χ4v) is 4.15. The lowest BCUT2D eigenvalue weighted by Crippen LogP contribution is -2.31. The number of ether oxygens (including phenoxy) is 2. The van der Waals surface area contributed by atoms with Gasteiger partial charge in [0.2, 0.25) is 11.8 Å². The molecule has 0 fully saturated rings. The number of hydrogen-bond acceptors (Lipinski definition) is 5. The van der Waals surface area contributed by atoms with Crippen LogP contribution in [0.2, 0.25) is 0 Å². The largest absolute Gasteiger partial charge is 0.493 e. The fraction of sp³-hybridized carbons (Fsp3) is 0.321. The second-order valence-corrected chi connectivity index (χ2v) is 8.71. The van der Waals surface area contributed by atoms with Crippen molar-refractivity contribution in [2.75, 3.05) is 20.8 Å². The number of nitrogens with zero attached hydrogens (tertiary/aromatic N) is 2. The van der Waals surface area contributed by atoms with E-state index < -0.39 is 5.91 Å². The van der Waals surface area contributed by atoms with Gasteiger partial charge < -0.3 is 19.4 Å². The molecule has 8 nitrogen and oxygen atoms in total. The molecule has 0 unspecified atom stereocenters. The molecule has 0 aliphatic carbocycles. The number of methoxy groups -OCH3 is 2. The van der Waals surface area contributed by atoms with Crippen LogP contribution in [0.1, 0.15) is 40.1 Å². The number of carbonyl (C=O) groups excluding carboxylic acids is 2. The number of amides is 2. The van der Waals surface area contributed by atoms with Crippen LogP contribution < -0.4 is 20.2 Å². The van der Waals surface area contributed by atoms with Gasteiger partial charge in [-0.25, -0.2) is 5.43 Å². The Hall–Kier alpha value is -4.07. The van der Waals surface area contributed by atoms with Crippen LogP contribution in [0.25, 0.3) is 5.69 Å². The smallest absolute Gasteiger partial charge is 0.249 e. The van der Waals surface area contributed by atoms with Crippen LogP contribution in [0.15, 0.2) is 47.6 Å². The van der Waals surface area contributed by atoms with Gasteiger partial charge in [0.15, 0.2) is 11.5 Å². The number of benzene rings is 2. The van der Waals surface area contributed by atoms with Crippen LogP contribution in [0.4, 0.5) is 0 Å². The van der Waals surface area contributed by atoms with Gasteiger partial charge in [-0.2, -0.15) is 5.10 Å². The second kappa shape index (κ2) is 12.1. The topological polar surface area (TPSA) is 94.0 Å². The van der Waals surface area contributed by atoms with Gasteiger partial charge in [0.1, 0.15) is 6.42 Å². The molecule has 0 aliphatic rings. The predicted octanol–water partition coefficient (Wildman–Crippen LogP) is 3.93. The van der Waals surface area contributed by atoms with Crippen molar-refractivity contribution in [3.63, 3.8) is 0 Å². The minimum atomic E-state index is -0.474. The molecular weight excluding hydrogens is 456 g/mol. The van der Waals surface area contributed by atoms with E-state index >= 15 is 0 Å². The van der Waals surface area contributed by atoms with Gasteiger partial charge in [0, 0.05) is 29.2 Å². The summed E-state index contributed by atoms with van der Waals surface area (Å²) < 4.78 is 12.7. The maximum atomic E-state index is 12.2. The first-order chi connectivity index (χ1) is 17.2. The van der Waals surface area contributed by atoms with E-state index in [0.29, 0.717) is 24.5 Å². The third-order valence-corrected chi connectivity index (χ3v) is 5.96. The van der Waals surface area contributed by atoms with Crippen molar-refractivity contribution in [1.29, 1.82) is 0 Å². The number of rotatable bonds is 10. The maximum absolute atomic E-state index is 12.2. The fourth-order valence-electron chi connectivity index (χ4n) is 4.15. The predicted molar refractivity (Wildman–Crippen MR) is 141 cm³/mol. The third-order valence-electron chi connectivity index (χ3n) is 5.96. The molecule has 0 radical (unpaired) electrons. The van der Waals surface area contributed by atoms with Crippen LogP contribution in [0.5, 0.6) is 11.5 Å². The first-order valence-corrected chi connectivity index (χ1v) is 11.8. The van der Waals surface area contributed by atoms with Crippen molar-refractivity contribution in [2.24, 2.45) is 5.10 Å². The van der Waals surface area contributed by atoms with Crippen LogP contribution >= 0.6 is 0 Å². The Labute approximate surface area is 212 Å². The van der Waals surface area contributed by atoms with E-state index in [-0.39, 0.29) is 12.3 Å². The molecule has 8 heteroatoms. The second-order valence-electron chi connectivity index (χ2n) is 8.71. The average Bonchev–Trinajstić information content (AvgIpc) is 3.11. The molecule has 0 atom stereocenters. The van der Waals surface area contributed by atoms with E-state index in [1.165, 1.54) is 11.1 Å². The van der Waals surface area contributed by atoms with Crippen molar-refractivity contribution in [1.82, 2.24) is 15.3 Å². The normalized spacial score (nSPS) is 10.9. The zero-order valence-electron chi connectivity index (χ0n) is 21.8. The lowest BCUT2D eigenvalue weighted by Gasteiger charge is -2.13. The van der Waals surface area contributed by atoms with Gasteiger partial charge in [0.05, 0.1) is 20.4 Å². The quantitative estimate of drug-likeness (QED) is 0.256. The molecule has 3 aromatic rings. The van der Waals surface area contributed by atoms with Crippen LogP contribution in [-0.4, -0.2) is 43.4 Å². The van der Waals surface area contributed by atoms with Gasteiger partial charge in [-0.15, -0.1) is 0 Å². The summed E-state index contributed by atoms with van der Waals surface area (Å²) in [5, 5.41) is 6.82. The highest BCUT2D eigenvalue weighted by Crippen LogP contribution is 2.27. The molecule has 36 heavy (non-hydrogen) atoms. The molecule has 2 aromatic carbocycles. The van der Waals surface area contributed by atoms with Crippen molar-refractivity contribution >= 4 is 18.0 Å². The summed E-state index contributed by atoms with van der Waals surface area (Å²) in [5.74, 6) is 0.442. The Balaban J connectivity index is 1.50. The summed E-state index contributed by atoms with van der Waals surface area (Å²) in [6.45, 7) is 8.62. The Kier molecular flexibility index (Phi) is 8.89. The molecule has 0 spiro atoms. The Morgan fingerprint density at radius 1 is 0.944 bits per heavy atom. The molecule has 0 saturated heterocycles. The minimum Gasteiger partial charge on any atom is -0.493 e. The summed E-state index contributed by atoms with van der Waals surface area (Å²) in [6, 6.07) is 14.0. The van der Waals surface area contributed by atoms with Crippen LogP contribution in [-0.2, 0) is 16.0 Å². The molecule has 0 bridgehead atoms. The molecule has 1 heterocycles. The average molecular weight is 491 g/mol. The van der Waals surface area contributed by atoms with Crippen LogP contribution in [0, 0.1) is 27.7 Å². The maximum Gasteiger partial charge on any atom is 0.249 e. The molecule has 1 aromatic heterocycles. The summed E-state index contributed by atoms with van der Waals surface area (Å²) in [4.78, 5) is 24.3. The lowest BCUT2D eigenvalue weighted by atomic mass is 10.1. The van der Waals surface area contributed by atoms with E-state index in [1.54, 1.807) is 20.4 Å². The molecule has 0 aliphatic heterocycles. The van der Waals surface area contributed by atoms with Gasteiger partial charge in [-0.3, -0.25) is 9.59 Å². The number of nitrogens with one attached hydrogen (secondary N) is 2. The Morgan fingerprint density at radius 2 is 1.69 bits per heavy atom. The number of hydrazone groups is 1. The van der Waals surface area contributed by atoms with Gasteiger partial charge in [0.25, 0.3) is 0 Å². The summed E-state index contributed by atoms with van der Waals surface area (Å²) in [5.41, 5.74) is 9.93. The van der Waals surface area contributed by atoms with Crippen molar-refractivity contribution in [3.8, 4) is 17.2 Å². The first-order valence-electron chi connectivity index (χ1n) is 11.8. The summed E-state index contributed by atoms with van der Waals surface area (Å²) in [6.07, 6.45) is 1.90. The summed E-state index contributed by atoms with van der Waals surface area (Å²) >= 11 is 0. The van der Waals surface area contributed by atoms with Gasteiger partial charge in [-0.1, -0.05) is 23.8 Å². The van der Waals surface area contributed by atoms with E-state index in [0.717, 1.165) is 28.2 Å². The van der Waals surface area contributed by atoms with Crippen LogP contribution in [0.3, 0.4) is 0 Å². The standard InChI is InChI=1S/C28H34N4O4/c1-18-7-9-24(19(2)13-18)32-20(3)14-23(21(32)4)17-30-31-28(34)16-27(33)29-12-11-22-8-10-25(35-5)26(15-22)36-6/h7-10,13-15,17H,11-12,16H2,1-6H3,(H,29,33)(H,31,34)/b30-17+. The first kappa shape index (κ1) is 26.5. The minimum absolute atomic E-state index is 0.301. The van der Waals surface area contributed by atoms with Crippen molar-refractivity contribution < 1.29 is 19.1 Å². The van der Waals surface area contributed by atoms with Crippen molar-refractivity contribution in [2.45, 2.75) is 40.5 Å². The van der Waals surface area contributed by atoms with E-state index in [9.17, 15) is 9.59 Å². The highest BCUT2D eigenvalue weighted by Gasteiger charge is 2.12. The van der Waals surface area contributed by atoms with E-state index in [4.69, 9.17) is 9.47 Å². The lowest BCUT2D eigenvalue weighted by molar-refractivity contribution is -0.129. The Morgan fingerprint density at radius 3 is 2.39 bits per heavy atom. The molecular formula is C28H34N4O4. The monoisotopic (exact) mass is 490 g/mol. The molecule has 2 N–H and O–H groups in total. The van der Waals surface area contributed by atoms with Gasteiger partial charge in [-0.05, 0) is 69.5 Å².